The van der Waals surface area contributed by atoms with Crippen molar-refractivity contribution in [3.8, 4) is 0 Å². The minimum Gasteiger partial charge on any atom is -0.393 e. The van der Waals surface area contributed by atoms with Crippen LogP contribution in [0.4, 0.5) is 0 Å². The standard InChI is InChI=1S/C36H62O3/c1-3-5-7-9-11-13-15-17-18-19-20-22-24-26-28-30-32-34-36(38)39-35(37)33-31-29-27-25-23-21-16-14-12-10-8-6-4-2/h11,13,17-18,20,22,26,28H,3-10,12,14-16,19,21,23-25,27,29-34H2,1-2H3/b13-11-,18-17-,22-20-,28-26-. The smallest absolute Gasteiger partial charge is 0.313 e. The molecular weight excluding hydrogens is 480 g/mol. The Morgan fingerprint density at radius 2 is 0.744 bits per heavy atom. The molecule has 0 saturated carbocycles. The third-order valence-corrected chi connectivity index (χ3v) is 6.92. The molecule has 0 amide bonds. The molecule has 0 fully saturated rings. The highest BCUT2D eigenvalue weighted by Crippen LogP contribution is 2.13. The number of allylic oxidation sites excluding steroid dienone is 8. The summed E-state index contributed by atoms with van der Waals surface area (Å²) >= 11 is 0. The van der Waals surface area contributed by atoms with Crippen molar-refractivity contribution in [2.45, 2.75) is 168 Å². The SMILES string of the molecule is CCCCC/C=C\C/C=C\C/C=C\C/C=C\CCCC(=O)OC(=O)CCCCCCCCCCCCCCC. The normalized spacial score (nSPS) is 12.1. The maximum absolute atomic E-state index is 11.9. The number of carbonyl (C=O) groups excluding carboxylic acids is 2. The van der Waals surface area contributed by atoms with Crippen LogP contribution in [-0.4, -0.2) is 11.9 Å². The first-order valence-corrected chi connectivity index (χ1v) is 16.5. The second-order valence-electron chi connectivity index (χ2n) is 10.8. The minimum atomic E-state index is -0.384. The van der Waals surface area contributed by atoms with Crippen molar-refractivity contribution in [1.29, 1.82) is 0 Å². The number of rotatable bonds is 28. The molecule has 0 aromatic rings. The van der Waals surface area contributed by atoms with Gasteiger partial charge in [-0.3, -0.25) is 9.59 Å². The first-order valence-electron chi connectivity index (χ1n) is 16.5. The average Bonchev–Trinajstić information content (AvgIpc) is 2.93. The van der Waals surface area contributed by atoms with Gasteiger partial charge < -0.3 is 4.74 Å². The van der Waals surface area contributed by atoms with E-state index in [1.165, 1.54) is 96.3 Å². The molecule has 0 aromatic heterocycles. The van der Waals surface area contributed by atoms with Crippen LogP contribution in [-0.2, 0) is 14.3 Å². The Morgan fingerprint density at radius 1 is 0.410 bits per heavy atom. The monoisotopic (exact) mass is 542 g/mol. The molecular formula is C36H62O3. The van der Waals surface area contributed by atoms with E-state index < -0.39 is 0 Å². The lowest BCUT2D eigenvalue weighted by atomic mass is 10.0. The van der Waals surface area contributed by atoms with Crippen LogP contribution in [0.25, 0.3) is 0 Å². The van der Waals surface area contributed by atoms with Crippen molar-refractivity contribution in [1.82, 2.24) is 0 Å². The third kappa shape index (κ3) is 32.2. The van der Waals surface area contributed by atoms with Crippen LogP contribution in [0.1, 0.15) is 168 Å². The lowest BCUT2D eigenvalue weighted by molar-refractivity contribution is -0.159. The Balaban J connectivity index is 3.49. The molecule has 0 bridgehead atoms. The van der Waals surface area contributed by atoms with E-state index in [0.29, 0.717) is 12.8 Å². The number of hydrogen-bond acceptors (Lipinski definition) is 3. The van der Waals surface area contributed by atoms with Crippen LogP contribution in [0.3, 0.4) is 0 Å². The van der Waals surface area contributed by atoms with Crippen LogP contribution in [0.5, 0.6) is 0 Å². The lowest BCUT2D eigenvalue weighted by Crippen LogP contribution is -2.11. The number of esters is 2. The summed E-state index contributed by atoms with van der Waals surface area (Å²) < 4.78 is 4.96. The van der Waals surface area contributed by atoms with Crippen molar-refractivity contribution in [3.63, 3.8) is 0 Å². The quantitative estimate of drug-likeness (QED) is 0.0427. The molecule has 0 rings (SSSR count). The Hall–Kier alpha value is -1.90. The van der Waals surface area contributed by atoms with E-state index in [2.05, 4.69) is 62.5 Å². The Morgan fingerprint density at radius 3 is 1.21 bits per heavy atom. The van der Waals surface area contributed by atoms with Crippen molar-refractivity contribution >= 4 is 11.9 Å². The molecule has 0 aliphatic rings. The zero-order chi connectivity index (χ0) is 28.5. The number of unbranched alkanes of at least 4 members (excludes halogenated alkanes) is 16. The fourth-order valence-electron chi connectivity index (χ4n) is 4.44. The number of hydrogen-bond donors (Lipinski definition) is 0. The highest BCUT2D eigenvalue weighted by Gasteiger charge is 2.09. The van der Waals surface area contributed by atoms with Gasteiger partial charge in [0.1, 0.15) is 0 Å². The molecule has 3 heteroatoms. The van der Waals surface area contributed by atoms with Gasteiger partial charge in [0, 0.05) is 12.8 Å². The van der Waals surface area contributed by atoms with Crippen molar-refractivity contribution in [3.05, 3.63) is 48.6 Å². The fraction of sp³-hybridized carbons (Fsp3) is 0.722. The largest absolute Gasteiger partial charge is 0.393 e. The van der Waals surface area contributed by atoms with E-state index in [0.717, 1.165) is 44.9 Å². The molecule has 0 heterocycles. The maximum Gasteiger partial charge on any atom is 0.313 e. The van der Waals surface area contributed by atoms with E-state index in [4.69, 9.17) is 4.74 Å². The van der Waals surface area contributed by atoms with Crippen molar-refractivity contribution < 1.29 is 14.3 Å². The molecule has 0 aromatic carbocycles. The summed E-state index contributed by atoms with van der Waals surface area (Å²) in [5.41, 5.74) is 0. The van der Waals surface area contributed by atoms with Crippen LogP contribution in [0.15, 0.2) is 48.6 Å². The Bertz CT molecular complexity index is 656. The molecule has 0 aliphatic heterocycles. The van der Waals surface area contributed by atoms with E-state index in [9.17, 15) is 9.59 Å². The number of carbonyl (C=O) groups is 2. The molecule has 0 atom stereocenters. The van der Waals surface area contributed by atoms with Gasteiger partial charge in [-0.05, 0) is 51.4 Å². The van der Waals surface area contributed by atoms with Crippen LogP contribution < -0.4 is 0 Å². The second-order valence-corrected chi connectivity index (χ2v) is 10.8. The van der Waals surface area contributed by atoms with Gasteiger partial charge in [-0.15, -0.1) is 0 Å². The highest BCUT2D eigenvalue weighted by molar-refractivity contribution is 5.85. The van der Waals surface area contributed by atoms with Gasteiger partial charge in [0.25, 0.3) is 0 Å². The highest BCUT2D eigenvalue weighted by atomic mass is 16.6. The zero-order valence-corrected chi connectivity index (χ0v) is 25.8. The number of ether oxygens (including phenoxy) is 1. The first kappa shape index (κ1) is 37.1. The van der Waals surface area contributed by atoms with E-state index >= 15 is 0 Å². The van der Waals surface area contributed by atoms with E-state index in [-0.39, 0.29) is 11.9 Å². The third-order valence-electron chi connectivity index (χ3n) is 6.92. The Labute approximate surface area is 242 Å². The van der Waals surface area contributed by atoms with Crippen molar-refractivity contribution in [2.24, 2.45) is 0 Å². The van der Waals surface area contributed by atoms with E-state index in [1.807, 2.05) is 0 Å². The molecule has 3 nitrogen and oxygen atoms in total. The summed E-state index contributed by atoms with van der Waals surface area (Å²) in [5.74, 6) is -0.744. The molecule has 0 unspecified atom stereocenters. The summed E-state index contributed by atoms with van der Waals surface area (Å²) in [6.45, 7) is 4.50. The molecule has 0 aliphatic carbocycles. The summed E-state index contributed by atoms with van der Waals surface area (Å²) in [6, 6.07) is 0. The molecule has 0 N–H and O–H groups in total. The van der Waals surface area contributed by atoms with Gasteiger partial charge in [-0.1, -0.05) is 152 Å². The van der Waals surface area contributed by atoms with Crippen LogP contribution in [0.2, 0.25) is 0 Å². The Kier molecular flexibility index (Phi) is 30.7. The molecule has 39 heavy (non-hydrogen) atoms. The van der Waals surface area contributed by atoms with Gasteiger partial charge in [0.05, 0.1) is 0 Å². The van der Waals surface area contributed by atoms with Crippen molar-refractivity contribution in [2.75, 3.05) is 0 Å². The van der Waals surface area contributed by atoms with Crippen LogP contribution >= 0.6 is 0 Å². The van der Waals surface area contributed by atoms with Gasteiger partial charge >= 0.3 is 11.9 Å². The predicted molar refractivity (Wildman–Crippen MR) is 170 cm³/mol. The van der Waals surface area contributed by atoms with E-state index in [1.54, 1.807) is 0 Å². The summed E-state index contributed by atoms with van der Waals surface area (Å²) in [6.07, 6.45) is 44.4. The van der Waals surface area contributed by atoms with Gasteiger partial charge in [0.2, 0.25) is 0 Å². The van der Waals surface area contributed by atoms with Gasteiger partial charge in [-0.25, -0.2) is 0 Å². The predicted octanol–water partition coefficient (Wildman–Crippen LogP) is 11.7. The average molecular weight is 543 g/mol. The molecule has 0 radical (unpaired) electrons. The summed E-state index contributed by atoms with van der Waals surface area (Å²) in [5, 5.41) is 0. The molecule has 0 saturated heterocycles. The second kappa shape index (κ2) is 32.3. The zero-order valence-electron chi connectivity index (χ0n) is 25.8. The minimum absolute atomic E-state index is 0.308. The van der Waals surface area contributed by atoms with Gasteiger partial charge in [-0.2, -0.15) is 0 Å². The first-order chi connectivity index (χ1) is 19.2. The molecule has 0 spiro atoms. The summed E-state index contributed by atoms with van der Waals surface area (Å²) in [7, 11) is 0. The molecule has 224 valence electrons. The topological polar surface area (TPSA) is 43.4 Å². The summed E-state index contributed by atoms with van der Waals surface area (Å²) in [4.78, 5) is 23.7. The maximum atomic E-state index is 11.9. The van der Waals surface area contributed by atoms with Gasteiger partial charge in [0.15, 0.2) is 0 Å². The fourth-order valence-corrected chi connectivity index (χ4v) is 4.44. The van der Waals surface area contributed by atoms with Crippen LogP contribution in [0, 0.1) is 0 Å². The lowest BCUT2D eigenvalue weighted by Gasteiger charge is -2.04.